The van der Waals surface area contributed by atoms with Crippen molar-refractivity contribution in [1.29, 1.82) is 0 Å². The van der Waals surface area contributed by atoms with Crippen LogP contribution in [-0.2, 0) is 23.7 Å². The largest absolute Gasteiger partial charge is 0.394 e. The molecule has 2 fully saturated rings. The molecule has 12 atom stereocenters. The molecule has 2 aliphatic rings. The van der Waals surface area contributed by atoms with Crippen LogP contribution in [0.25, 0.3) is 0 Å². The second-order valence-electron chi connectivity index (χ2n) is 19.3. The molecule has 0 aliphatic carbocycles. The summed E-state index contributed by atoms with van der Waals surface area (Å²) >= 11 is 0. The van der Waals surface area contributed by atoms with E-state index in [1.807, 2.05) is 6.08 Å². The number of carbonyl (C=O) groups excluding carboxylic acids is 1. The molecular formula is C55H99NO13. The van der Waals surface area contributed by atoms with Crippen molar-refractivity contribution in [2.45, 2.75) is 274 Å². The topological polar surface area (TPSA) is 228 Å². The lowest BCUT2D eigenvalue weighted by atomic mass is 9.97. The molecule has 0 radical (unpaired) electrons. The standard InChI is InChI=1S/C55H99NO13/c1-3-5-7-9-11-13-15-17-19-20-21-22-23-24-25-27-29-31-33-35-37-39-47(60)56-43(44(59)38-36-34-32-30-28-26-18-16-14-12-10-8-6-4-2)42-66-54-52(65)50(63)53(46(41-58)68-54)69-55-51(64)49(62)48(61)45(40-57)67-55/h15,17,20-21,28,30,36,38,43-46,48-55,57-59,61-65H,3-14,16,18-19,22-27,29,31-35,37,39-42H2,1-2H3,(H,56,60)/b17-15-,21-20-,30-28+,38-36+. The first-order valence-corrected chi connectivity index (χ1v) is 27.4. The lowest BCUT2D eigenvalue weighted by Gasteiger charge is -2.46. The van der Waals surface area contributed by atoms with E-state index in [9.17, 15) is 45.6 Å². The van der Waals surface area contributed by atoms with E-state index in [1.165, 1.54) is 122 Å². The Morgan fingerprint density at radius 1 is 0.522 bits per heavy atom. The van der Waals surface area contributed by atoms with E-state index in [2.05, 4.69) is 55.6 Å². The Morgan fingerprint density at radius 3 is 1.51 bits per heavy atom. The number of amides is 1. The van der Waals surface area contributed by atoms with Gasteiger partial charge in [0.05, 0.1) is 32.0 Å². The van der Waals surface area contributed by atoms with Gasteiger partial charge in [-0.2, -0.15) is 0 Å². The summed E-state index contributed by atoms with van der Waals surface area (Å²) in [5, 5.41) is 86.8. The lowest BCUT2D eigenvalue weighted by Crippen LogP contribution is -2.65. The van der Waals surface area contributed by atoms with Gasteiger partial charge in [0.2, 0.25) is 5.91 Å². The van der Waals surface area contributed by atoms with Crippen molar-refractivity contribution in [2.24, 2.45) is 0 Å². The van der Waals surface area contributed by atoms with E-state index < -0.39 is 86.8 Å². The van der Waals surface area contributed by atoms with E-state index in [1.54, 1.807) is 6.08 Å². The van der Waals surface area contributed by atoms with Crippen LogP contribution in [0.4, 0.5) is 0 Å². The van der Waals surface area contributed by atoms with Crippen molar-refractivity contribution in [3.8, 4) is 0 Å². The van der Waals surface area contributed by atoms with Crippen molar-refractivity contribution in [3.63, 3.8) is 0 Å². The lowest BCUT2D eigenvalue weighted by molar-refractivity contribution is -0.359. The first-order valence-electron chi connectivity index (χ1n) is 27.4. The minimum atomic E-state index is -1.79. The summed E-state index contributed by atoms with van der Waals surface area (Å²) in [6, 6.07) is -0.933. The van der Waals surface area contributed by atoms with Crippen molar-refractivity contribution in [1.82, 2.24) is 5.32 Å². The molecule has 0 aromatic carbocycles. The van der Waals surface area contributed by atoms with Crippen molar-refractivity contribution >= 4 is 5.91 Å². The third-order valence-electron chi connectivity index (χ3n) is 13.2. The van der Waals surface area contributed by atoms with Crippen LogP contribution in [0.15, 0.2) is 48.6 Å². The Balaban J connectivity index is 1.81. The molecule has 0 aromatic rings. The van der Waals surface area contributed by atoms with Crippen LogP contribution in [-0.4, -0.2) is 140 Å². The normalized spacial score (nSPS) is 26.5. The zero-order valence-corrected chi connectivity index (χ0v) is 42.8. The number of nitrogens with one attached hydrogen (secondary N) is 1. The van der Waals surface area contributed by atoms with E-state index in [0.29, 0.717) is 12.8 Å². The number of ether oxygens (including phenoxy) is 4. The molecule has 2 aliphatic heterocycles. The number of rotatable bonds is 42. The molecule has 0 saturated carbocycles. The van der Waals surface area contributed by atoms with Crippen LogP contribution in [0.1, 0.15) is 200 Å². The molecule has 14 heteroatoms. The quantitative estimate of drug-likeness (QED) is 0.0209. The average molecular weight is 982 g/mol. The minimum Gasteiger partial charge on any atom is -0.394 e. The molecule has 0 spiro atoms. The van der Waals surface area contributed by atoms with Crippen LogP contribution < -0.4 is 5.32 Å². The predicted molar refractivity (Wildman–Crippen MR) is 272 cm³/mol. The van der Waals surface area contributed by atoms with Crippen LogP contribution in [0, 0.1) is 0 Å². The molecule has 402 valence electrons. The number of allylic oxidation sites excluding steroid dienone is 7. The fourth-order valence-corrected chi connectivity index (χ4v) is 8.75. The number of hydrogen-bond donors (Lipinski definition) is 9. The summed E-state index contributed by atoms with van der Waals surface area (Å²) in [7, 11) is 0. The monoisotopic (exact) mass is 982 g/mol. The first kappa shape index (κ1) is 63.1. The minimum absolute atomic E-state index is 0.255. The zero-order valence-electron chi connectivity index (χ0n) is 42.8. The molecule has 12 unspecified atom stereocenters. The number of aliphatic hydroxyl groups excluding tert-OH is 8. The second kappa shape index (κ2) is 41.4. The Bertz CT molecular complexity index is 1340. The molecule has 0 aromatic heterocycles. The predicted octanol–water partition coefficient (Wildman–Crippen LogP) is 8.05. The van der Waals surface area contributed by atoms with Crippen LogP contribution in [0.5, 0.6) is 0 Å². The number of aliphatic hydroxyl groups is 8. The number of hydrogen-bond acceptors (Lipinski definition) is 13. The second-order valence-corrected chi connectivity index (χ2v) is 19.3. The van der Waals surface area contributed by atoms with Crippen molar-refractivity contribution in [2.75, 3.05) is 19.8 Å². The van der Waals surface area contributed by atoms with Crippen LogP contribution >= 0.6 is 0 Å². The van der Waals surface area contributed by atoms with E-state index in [4.69, 9.17) is 18.9 Å². The maximum absolute atomic E-state index is 13.2. The summed E-state index contributed by atoms with van der Waals surface area (Å²) in [4.78, 5) is 13.2. The van der Waals surface area contributed by atoms with Crippen molar-refractivity contribution in [3.05, 3.63) is 48.6 Å². The van der Waals surface area contributed by atoms with Gasteiger partial charge in [0, 0.05) is 6.42 Å². The van der Waals surface area contributed by atoms with Gasteiger partial charge in [0.1, 0.15) is 48.8 Å². The highest BCUT2D eigenvalue weighted by atomic mass is 16.7. The summed E-state index contributed by atoms with van der Waals surface area (Å²) in [6.07, 6.45) is 32.9. The smallest absolute Gasteiger partial charge is 0.220 e. The molecule has 2 saturated heterocycles. The molecule has 69 heavy (non-hydrogen) atoms. The molecule has 2 rings (SSSR count). The SMILES string of the molecule is CCCCCCC/C=C\C/C=C\CCCCCCCCCCCC(=O)NC(COC1OC(CO)C(OC2OC(CO)C(O)C(O)C2O)C(O)C1O)C(O)/C=C/CC/C=C/CCCCCCCCCC. The summed E-state index contributed by atoms with van der Waals surface area (Å²) in [6.45, 7) is 2.75. The van der Waals surface area contributed by atoms with E-state index in [0.717, 1.165) is 44.9 Å². The first-order chi connectivity index (χ1) is 33.6. The summed E-state index contributed by atoms with van der Waals surface area (Å²) in [5.41, 5.74) is 0. The fraction of sp³-hybridized carbons (Fsp3) is 0.836. The Hall–Kier alpha value is -2.05. The van der Waals surface area contributed by atoms with Gasteiger partial charge in [-0.3, -0.25) is 4.79 Å². The highest BCUT2D eigenvalue weighted by Crippen LogP contribution is 2.30. The summed E-state index contributed by atoms with van der Waals surface area (Å²) < 4.78 is 22.7. The average Bonchev–Trinajstić information content (AvgIpc) is 3.35. The van der Waals surface area contributed by atoms with Gasteiger partial charge >= 0.3 is 0 Å². The number of carbonyl (C=O) groups is 1. The van der Waals surface area contributed by atoms with E-state index in [-0.39, 0.29) is 18.9 Å². The molecular weight excluding hydrogens is 883 g/mol. The molecule has 14 nitrogen and oxygen atoms in total. The maximum Gasteiger partial charge on any atom is 0.220 e. The van der Waals surface area contributed by atoms with Crippen molar-refractivity contribution < 1.29 is 64.6 Å². The molecule has 0 bridgehead atoms. The van der Waals surface area contributed by atoms with E-state index >= 15 is 0 Å². The van der Waals surface area contributed by atoms with Gasteiger partial charge < -0.3 is 65.1 Å². The van der Waals surface area contributed by atoms with Crippen LogP contribution in [0.3, 0.4) is 0 Å². The summed E-state index contributed by atoms with van der Waals surface area (Å²) in [5.74, 6) is -0.255. The fourth-order valence-electron chi connectivity index (χ4n) is 8.75. The Labute approximate surface area is 416 Å². The molecule has 9 N–H and O–H groups in total. The molecule has 2 heterocycles. The highest BCUT2D eigenvalue weighted by Gasteiger charge is 2.51. The number of unbranched alkanes of at least 4 members (excludes halogenated alkanes) is 23. The van der Waals surface area contributed by atoms with Gasteiger partial charge in [-0.25, -0.2) is 0 Å². The van der Waals surface area contributed by atoms with Gasteiger partial charge in [-0.1, -0.05) is 178 Å². The van der Waals surface area contributed by atoms with Gasteiger partial charge in [-0.15, -0.1) is 0 Å². The van der Waals surface area contributed by atoms with Gasteiger partial charge in [0.25, 0.3) is 0 Å². The van der Waals surface area contributed by atoms with Gasteiger partial charge in [-0.05, 0) is 64.2 Å². The third-order valence-corrected chi connectivity index (χ3v) is 13.2. The Morgan fingerprint density at radius 2 is 0.971 bits per heavy atom. The molecule has 1 amide bonds. The van der Waals surface area contributed by atoms with Crippen LogP contribution in [0.2, 0.25) is 0 Å². The highest BCUT2D eigenvalue weighted by molar-refractivity contribution is 5.76. The Kier molecular flexibility index (Phi) is 37.9. The van der Waals surface area contributed by atoms with Gasteiger partial charge in [0.15, 0.2) is 12.6 Å². The third kappa shape index (κ3) is 28.1. The maximum atomic E-state index is 13.2. The zero-order chi connectivity index (χ0) is 50.3.